The Bertz CT molecular complexity index is 572. The molecule has 0 bridgehead atoms. The minimum Gasteiger partial charge on any atom is -0.497 e. The van der Waals surface area contributed by atoms with Crippen LogP contribution in [0.5, 0.6) is 5.75 Å². The Morgan fingerprint density at radius 1 is 1.05 bits per heavy atom. The van der Waals surface area contributed by atoms with Crippen molar-refractivity contribution < 1.29 is 18.6 Å². The Morgan fingerprint density at radius 3 is 2.10 bits per heavy atom. The highest BCUT2D eigenvalue weighted by Crippen LogP contribution is 2.28. The van der Waals surface area contributed by atoms with Gasteiger partial charge in [-0.3, -0.25) is 0 Å². The van der Waals surface area contributed by atoms with Gasteiger partial charge in [-0.2, -0.15) is 0 Å². The summed E-state index contributed by atoms with van der Waals surface area (Å²) >= 11 is 0. The van der Waals surface area contributed by atoms with Gasteiger partial charge in [-0.05, 0) is 36.8 Å². The van der Waals surface area contributed by atoms with E-state index in [0.717, 1.165) is 0 Å². The van der Waals surface area contributed by atoms with E-state index in [2.05, 4.69) is 0 Å². The number of ether oxygens (including phenoxy) is 1. The van der Waals surface area contributed by atoms with E-state index >= 15 is 0 Å². The normalized spacial score (nSPS) is 13.8. The van der Waals surface area contributed by atoms with Gasteiger partial charge in [-0.1, -0.05) is 18.2 Å². The maximum atomic E-state index is 13.6. The number of hydrogen-bond donors (Lipinski definition) is 1. The minimum atomic E-state index is -1.37. The maximum Gasteiger partial charge on any atom is 0.129 e. The van der Waals surface area contributed by atoms with Crippen molar-refractivity contribution in [1.29, 1.82) is 0 Å². The van der Waals surface area contributed by atoms with Gasteiger partial charge in [0.25, 0.3) is 0 Å². The highest BCUT2D eigenvalue weighted by molar-refractivity contribution is 5.32. The van der Waals surface area contributed by atoms with E-state index in [0.29, 0.717) is 11.3 Å². The second-order valence-corrected chi connectivity index (χ2v) is 4.88. The molecule has 0 heterocycles. The van der Waals surface area contributed by atoms with Crippen molar-refractivity contribution in [3.63, 3.8) is 0 Å². The number of benzene rings is 2. The molecule has 20 heavy (non-hydrogen) atoms. The molecule has 0 aliphatic rings. The smallest absolute Gasteiger partial charge is 0.129 e. The van der Waals surface area contributed by atoms with Crippen LogP contribution in [0.4, 0.5) is 8.78 Å². The standard InChI is InChI=1S/C16H16F2O2/c1-16(19,11-6-8-12(20-2)9-7-11)10-13-14(17)4-3-5-15(13)18/h3-9,19H,10H2,1-2H3. The highest BCUT2D eigenvalue weighted by atomic mass is 19.1. The zero-order chi connectivity index (χ0) is 14.8. The quantitative estimate of drug-likeness (QED) is 0.928. The highest BCUT2D eigenvalue weighted by Gasteiger charge is 2.26. The first kappa shape index (κ1) is 14.5. The van der Waals surface area contributed by atoms with Crippen molar-refractivity contribution in [2.24, 2.45) is 0 Å². The molecule has 1 unspecified atom stereocenters. The van der Waals surface area contributed by atoms with Gasteiger partial charge in [0.05, 0.1) is 12.7 Å². The van der Waals surface area contributed by atoms with Crippen LogP contribution in [0.2, 0.25) is 0 Å². The molecule has 0 spiro atoms. The summed E-state index contributed by atoms with van der Waals surface area (Å²) < 4.78 is 32.3. The molecule has 4 heteroatoms. The van der Waals surface area contributed by atoms with E-state index in [1.165, 1.54) is 25.1 Å². The molecular formula is C16H16F2O2. The van der Waals surface area contributed by atoms with Crippen LogP contribution in [-0.4, -0.2) is 12.2 Å². The van der Waals surface area contributed by atoms with Crippen LogP contribution >= 0.6 is 0 Å². The molecular weight excluding hydrogens is 262 g/mol. The largest absolute Gasteiger partial charge is 0.497 e. The number of aliphatic hydroxyl groups is 1. The molecule has 0 saturated heterocycles. The van der Waals surface area contributed by atoms with Crippen molar-refractivity contribution in [3.8, 4) is 5.75 Å². The summed E-state index contributed by atoms with van der Waals surface area (Å²) in [6.07, 6.45) is -0.141. The molecule has 0 radical (unpaired) electrons. The van der Waals surface area contributed by atoms with Crippen LogP contribution in [0.25, 0.3) is 0 Å². The molecule has 1 atom stereocenters. The number of halogens is 2. The lowest BCUT2D eigenvalue weighted by Crippen LogP contribution is -2.25. The SMILES string of the molecule is COc1ccc(C(C)(O)Cc2c(F)cccc2F)cc1. The molecule has 0 fully saturated rings. The predicted molar refractivity (Wildman–Crippen MR) is 72.6 cm³/mol. The van der Waals surface area contributed by atoms with Gasteiger partial charge in [0.2, 0.25) is 0 Å². The fourth-order valence-corrected chi connectivity index (χ4v) is 2.10. The third-order valence-corrected chi connectivity index (χ3v) is 3.29. The second-order valence-electron chi connectivity index (χ2n) is 4.88. The fourth-order valence-electron chi connectivity index (χ4n) is 2.10. The topological polar surface area (TPSA) is 29.5 Å². The number of rotatable bonds is 4. The van der Waals surface area contributed by atoms with Crippen LogP contribution in [0.15, 0.2) is 42.5 Å². The van der Waals surface area contributed by atoms with E-state index in [1.54, 1.807) is 31.4 Å². The van der Waals surface area contributed by atoms with Gasteiger partial charge >= 0.3 is 0 Å². The molecule has 106 valence electrons. The van der Waals surface area contributed by atoms with Crippen LogP contribution in [-0.2, 0) is 12.0 Å². The molecule has 0 aliphatic heterocycles. The minimum absolute atomic E-state index is 0.117. The number of hydrogen-bond acceptors (Lipinski definition) is 2. The van der Waals surface area contributed by atoms with E-state index in [-0.39, 0.29) is 12.0 Å². The van der Waals surface area contributed by atoms with Crippen molar-refractivity contribution in [2.45, 2.75) is 18.9 Å². The lowest BCUT2D eigenvalue weighted by Gasteiger charge is -2.24. The third-order valence-electron chi connectivity index (χ3n) is 3.29. The first-order valence-electron chi connectivity index (χ1n) is 6.24. The maximum absolute atomic E-state index is 13.6. The Labute approximate surface area is 116 Å². The molecule has 0 amide bonds. The molecule has 2 aromatic carbocycles. The molecule has 0 saturated carbocycles. The number of methoxy groups -OCH3 is 1. The van der Waals surface area contributed by atoms with E-state index in [4.69, 9.17) is 4.74 Å². The Morgan fingerprint density at radius 2 is 1.60 bits per heavy atom. The average Bonchev–Trinajstić information content (AvgIpc) is 2.43. The summed E-state index contributed by atoms with van der Waals surface area (Å²) in [6.45, 7) is 1.53. The van der Waals surface area contributed by atoms with Gasteiger partial charge in [0.15, 0.2) is 0 Å². The Kier molecular flexibility index (Phi) is 4.04. The van der Waals surface area contributed by atoms with Gasteiger partial charge < -0.3 is 9.84 Å². The molecule has 2 nitrogen and oxygen atoms in total. The van der Waals surface area contributed by atoms with Gasteiger partial charge in [0, 0.05) is 12.0 Å². The fraction of sp³-hybridized carbons (Fsp3) is 0.250. The van der Waals surface area contributed by atoms with Gasteiger partial charge in [-0.15, -0.1) is 0 Å². The molecule has 2 rings (SSSR count). The van der Waals surface area contributed by atoms with Crippen LogP contribution in [0, 0.1) is 11.6 Å². The first-order chi connectivity index (χ1) is 9.44. The molecule has 1 N–H and O–H groups in total. The van der Waals surface area contributed by atoms with E-state index < -0.39 is 17.2 Å². The lowest BCUT2D eigenvalue weighted by molar-refractivity contribution is 0.0556. The van der Waals surface area contributed by atoms with Crippen molar-refractivity contribution >= 4 is 0 Å². The molecule has 2 aromatic rings. The van der Waals surface area contributed by atoms with Crippen molar-refractivity contribution in [3.05, 3.63) is 65.2 Å². The lowest BCUT2D eigenvalue weighted by atomic mass is 9.88. The monoisotopic (exact) mass is 278 g/mol. The predicted octanol–water partition coefficient (Wildman–Crippen LogP) is 3.42. The van der Waals surface area contributed by atoms with Crippen molar-refractivity contribution in [2.75, 3.05) is 7.11 Å². The summed E-state index contributed by atoms with van der Waals surface area (Å²) in [5, 5.41) is 10.5. The molecule has 0 aromatic heterocycles. The Balaban J connectivity index is 2.30. The summed E-state index contributed by atoms with van der Waals surface area (Å²) in [5.41, 5.74) is -0.913. The Hall–Kier alpha value is -1.94. The second kappa shape index (κ2) is 5.59. The van der Waals surface area contributed by atoms with Crippen LogP contribution in [0.1, 0.15) is 18.1 Å². The first-order valence-corrected chi connectivity index (χ1v) is 6.24. The molecule has 0 aliphatic carbocycles. The zero-order valence-electron chi connectivity index (χ0n) is 11.4. The van der Waals surface area contributed by atoms with Gasteiger partial charge in [-0.25, -0.2) is 8.78 Å². The summed E-state index contributed by atoms with van der Waals surface area (Å²) in [4.78, 5) is 0. The van der Waals surface area contributed by atoms with E-state index in [9.17, 15) is 13.9 Å². The van der Waals surface area contributed by atoms with Crippen LogP contribution in [0.3, 0.4) is 0 Å². The average molecular weight is 278 g/mol. The van der Waals surface area contributed by atoms with Gasteiger partial charge in [0.1, 0.15) is 17.4 Å². The summed E-state index contributed by atoms with van der Waals surface area (Å²) in [5.74, 6) is -0.654. The summed E-state index contributed by atoms with van der Waals surface area (Å²) in [6, 6.07) is 10.4. The summed E-state index contributed by atoms with van der Waals surface area (Å²) in [7, 11) is 1.54. The van der Waals surface area contributed by atoms with E-state index in [1.807, 2.05) is 0 Å². The van der Waals surface area contributed by atoms with Crippen molar-refractivity contribution in [1.82, 2.24) is 0 Å². The third kappa shape index (κ3) is 2.96. The van der Waals surface area contributed by atoms with Crippen LogP contribution < -0.4 is 4.74 Å². The zero-order valence-corrected chi connectivity index (χ0v) is 11.4.